The second kappa shape index (κ2) is 15.6. The molecule has 0 radical (unpaired) electrons. The van der Waals surface area contributed by atoms with Crippen molar-refractivity contribution in [1.82, 2.24) is 10.2 Å². The zero-order valence-electron chi connectivity index (χ0n) is 25.2. The molecule has 8 nitrogen and oxygen atoms in total. The number of hydrogen-bond donors (Lipinski definition) is 1. The molecular formula is C34H35Br2N3O5S. The van der Waals surface area contributed by atoms with E-state index in [1.807, 2.05) is 68.4 Å². The van der Waals surface area contributed by atoms with Crippen LogP contribution in [0.3, 0.4) is 0 Å². The van der Waals surface area contributed by atoms with Gasteiger partial charge in [-0.2, -0.15) is 0 Å². The van der Waals surface area contributed by atoms with Crippen molar-refractivity contribution in [1.29, 1.82) is 0 Å². The number of anilines is 1. The number of ether oxygens (including phenoxy) is 1. The van der Waals surface area contributed by atoms with Crippen LogP contribution < -0.4 is 14.4 Å². The molecule has 0 aliphatic rings. The van der Waals surface area contributed by atoms with E-state index < -0.39 is 28.5 Å². The highest BCUT2D eigenvalue weighted by molar-refractivity contribution is 9.10. The molecule has 0 aliphatic heterocycles. The molecule has 11 heteroatoms. The SMILES string of the molecule is CCNC(=O)[C@@H](Cc1ccccc1)N(Cc1cccc(Br)c1)C(=O)CN(c1ccc(C)cc1)S(=O)(=O)c1ccc(OC)c(Br)c1. The Hall–Kier alpha value is -3.67. The minimum absolute atomic E-state index is 0.0216. The van der Waals surface area contributed by atoms with E-state index in [1.165, 1.54) is 24.1 Å². The van der Waals surface area contributed by atoms with E-state index in [4.69, 9.17) is 4.74 Å². The molecule has 0 aliphatic carbocycles. The molecule has 0 aromatic heterocycles. The number of likely N-dealkylation sites (N-methyl/N-ethyl adjacent to an activating group) is 1. The van der Waals surface area contributed by atoms with Crippen LogP contribution in [0.25, 0.3) is 0 Å². The fraction of sp³-hybridized carbons (Fsp3) is 0.235. The van der Waals surface area contributed by atoms with Gasteiger partial charge < -0.3 is 15.0 Å². The number of benzene rings is 4. The molecule has 4 rings (SSSR count). The average molecular weight is 758 g/mol. The smallest absolute Gasteiger partial charge is 0.264 e. The van der Waals surface area contributed by atoms with E-state index in [-0.39, 0.29) is 23.8 Å². The normalized spacial score (nSPS) is 11.8. The number of hydrogen-bond acceptors (Lipinski definition) is 5. The fourth-order valence-electron chi connectivity index (χ4n) is 4.85. The lowest BCUT2D eigenvalue weighted by atomic mass is 10.0. The highest BCUT2D eigenvalue weighted by Gasteiger charge is 2.34. The third-order valence-corrected chi connectivity index (χ3v) is 10.1. The lowest BCUT2D eigenvalue weighted by Crippen LogP contribution is -2.53. The van der Waals surface area contributed by atoms with Gasteiger partial charge in [-0.3, -0.25) is 13.9 Å². The van der Waals surface area contributed by atoms with Gasteiger partial charge in [0.05, 0.1) is 22.2 Å². The Kier molecular flexibility index (Phi) is 11.8. The number of nitrogens with zero attached hydrogens (tertiary/aromatic N) is 2. The first kappa shape index (κ1) is 34.2. The van der Waals surface area contributed by atoms with Gasteiger partial charge in [0, 0.05) is 24.0 Å². The van der Waals surface area contributed by atoms with Crippen molar-refractivity contribution < 1.29 is 22.7 Å². The van der Waals surface area contributed by atoms with Crippen LogP contribution in [0.2, 0.25) is 0 Å². The van der Waals surface area contributed by atoms with Crippen LogP contribution >= 0.6 is 31.9 Å². The third-order valence-electron chi connectivity index (χ3n) is 7.18. The fourth-order valence-corrected chi connectivity index (χ4v) is 7.43. The van der Waals surface area contributed by atoms with Crippen molar-refractivity contribution in [3.8, 4) is 5.75 Å². The summed E-state index contributed by atoms with van der Waals surface area (Å²) in [5.74, 6) is -0.384. The maximum absolute atomic E-state index is 14.5. The first-order chi connectivity index (χ1) is 21.5. The lowest BCUT2D eigenvalue weighted by Gasteiger charge is -2.34. The topological polar surface area (TPSA) is 96.0 Å². The molecule has 0 saturated heterocycles. The Morgan fingerprint density at radius 3 is 2.20 bits per heavy atom. The highest BCUT2D eigenvalue weighted by Crippen LogP contribution is 2.31. The summed E-state index contributed by atoms with van der Waals surface area (Å²) in [6.45, 7) is 3.64. The number of methoxy groups -OCH3 is 1. The summed E-state index contributed by atoms with van der Waals surface area (Å²) in [5.41, 5.74) is 2.90. The Labute approximate surface area is 281 Å². The van der Waals surface area contributed by atoms with Gasteiger partial charge in [-0.05, 0) is 83.4 Å². The summed E-state index contributed by atoms with van der Waals surface area (Å²) >= 11 is 6.88. The van der Waals surface area contributed by atoms with Gasteiger partial charge in [0.2, 0.25) is 11.8 Å². The molecule has 0 unspecified atom stereocenters. The summed E-state index contributed by atoms with van der Waals surface area (Å²) < 4.78 is 36.1. The zero-order valence-corrected chi connectivity index (χ0v) is 29.2. The second-order valence-corrected chi connectivity index (χ2v) is 14.0. The molecule has 0 heterocycles. The number of carbonyl (C=O) groups excluding carboxylic acids is 2. The van der Waals surface area contributed by atoms with Gasteiger partial charge in [0.25, 0.3) is 10.0 Å². The first-order valence-electron chi connectivity index (χ1n) is 14.3. The monoisotopic (exact) mass is 755 g/mol. The van der Waals surface area contributed by atoms with Crippen LogP contribution in [0.1, 0.15) is 23.6 Å². The minimum Gasteiger partial charge on any atom is -0.496 e. The molecular weight excluding hydrogens is 722 g/mol. The summed E-state index contributed by atoms with van der Waals surface area (Å²) in [7, 11) is -2.75. The van der Waals surface area contributed by atoms with Gasteiger partial charge in [0.15, 0.2) is 0 Å². The maximum atomic E-state index is 14.5. The number of rotatable bonds is 13. The van der Waals surface area contributed by atoms with Gasteiger partial charge in [-0.15, -0.1) is 0 Å². The Balaban J connectivity index is 1.81. The van der Waals surface area contributed by atoms with Crippen molar-refractivity contribution in [3.05, 3.63) is 123 Å². The molecule has 0 fully saturated rings. The third kappa shape index (κ3) is 8.74. The predicted molar refractivity (Wildman–Crippen MR) is 184 cm³/mol. The van der Waals surface area contributed by atoms with E-state index >= 15 is 0 Å². The van der Waals surface area contributed by atoms with Crippen molar-refractivity contribution >= 4 is 59.4 Å². The summed E-state index contributed by atoms with van der Waals surface area (Å²) in [4.78, 5) is 29.5. The molecule has 0 spiro atoms. The molecule has 1 atom stereocenters. The van der Waals surface area contributed by atoms with Crippen LogP contribution in [0.5, 0.6) is 5.75 Å². The molecule has 236 valence electrons. The number of sulfonamides is 1. The average Bonchev–Trinajstić information content (AvgIpc) is 3.02. The predicted octanol–water partition coefficient (Wildman–Crippen LogP) is 6.50. The zero-order chi connectivity index (χ0) is 32.6. The van der Waals surface area contributed by atoms with Crippen molar-refractivity contribution in [2.24, 2.45) is 0 Å². The lowest BCUT2D eigenvalue weighted by molar-refractivity contribution is -0.140. The second-order valence-electron chi connectivity index (χ2n) is 10.4. The van der Waals surface area contributed by atoms with E-state index in [9.17, 15) is 18.0 Å². The number of halogens is 2. The molecule has 0 saturated carbocycles. The molecule has 2 amide bonds. The van der Waals surface area contributed by atoms with Crippen LogP contribution in [0.4, 0.5) is 5.69 Å². The maximum Gasteiger partial charge on any atom is 0.264 e. The van der Waals surface area contributed by atoms with Crippen molar-refractivity contribution in [3.63, 3.8) is 0 Å². The number of nitrogens with one attached hydrogen (secondary N) is 1. The number of aryl methyl sites for hydroxylation is 1. The van der Waals surface area contributed by atoms with E-state index in [0.29, 0.717) is 22.5 Å². The Morgan fingerprint density at radius 1 is 0.889 bits per heavy atom. The highest BCUT2D eigenvalue weighted by atomic mass is 79.9. The standard InChI is InChI=1S/C34H35Br2N3O5S/c1-4-37-34(41)31(20-25-9-6-5-7-10-25)38(22-26-11-8-12-27(35)19-26)33(40)23-39(28-15-13-24(2)14-16-28)45(42,43)29-17-18-32(44-3)30(36)21-29/h5-19,21,31H,4,20,22-23H2,1-3H3,(H,37,41)/t31-/m1/s1. The van der Waals surface area contributed by atoms with Crippen LogP contribution in [0, 0.1) is 6.92 Å². The molecule has 45 heavy (non-hydrogen) atoms. The summed E-state index contributed by atoms with van der Waals surface area (Å²) in [5, 5.41) is 2.87. The van der Waals surface area contributed by atoms with Crippen molar-refractivity contribution in [2.45, 2.75) is 37.8 Å². The molecule has 4 aromatic carbocycles. The summed E-state index contributed by atoms with van der Waals surface area (Å²) in [6.07, 6.45) is 0.245. The van der Waals surface area contributed by atoms with Crippen LogP contribution in [-0.2, 0) is 32.6 Å². The molecule has 1 N–H and O–H groups in total. The largest absolute Gasteiger partial charge is 0.496 e. The van der Waals surface area contributed by atoms with Crippen LogP contribution in [0.15, 0.2) is 111 Å². The van der Waals surface area contributed by atoms with E-state index in [2.05, 4.69) is 37.2 Å². The number of amides is 2. The van der Waals surface area contributed by atoms with Crippen LogP contribution in [-0.4, -0.2) is 51.4 Å². The molecule has 4 aromatic rings. The Morgan fingerprint density at radius 2 is 1.58 bits per heavy atom. The van der Waals surface area contributed by atoms with E-state index in [0.717, 1.165) is 25.5 Å². The first-order valence-corrected chi connectivity index (χ1v) is 17.3. The number of carbonyl (C=O) groups is 2. The Bertz CT molecular complexity index is 1730. The minimum atomic E-state index is -4.25. The van der Waals surface area contributed by atoms with Crippen molar-refractivity contribution in [2.75, 3.05) is 24.5 Å². The van der Waals surface area contributed by atoms with Gasteiger partial charge in [0.1, 0.15) is 18.3 Å². The van der Waals surface area contributed by atoms with Gasteiger partial charge in [-0.1, -0.05) is 76.1 Å². The van der Waals surface area contributed by atoms with E-state index in [1.54, 1.807) is 30.3 Å². The quantitative estimate of drug-likeness (QED) is 0.168. The van der Waals surface area contributed by atoms with Gasteiger partial charge >= 0.3 is 0 Å². The summed E-state index contributed by atoms with van der Waals surface area (Å²) in [6, 6.07) is 27.4. The molecule has 0 bridgehead atoms. The van der Waals surface area contributed by atoms with Gasteiger partial charge in [-0.25, -0.2) is 8.42 Å².